The average Bonchev–Trinajstić information content (AvgIpc) is 2.32. The number of benzene rings is 1. The highest BCUT2D eigenvalue weighted by molar-refractivity contribution is 5.37. The molecule has 2 N–H and O–H groups in total. The predicted molar refractivity (Wildman–Crippen MR) is 54.6 cm³/mol. The number of aliphatic hydroxyl groups is 1. The maximum Gasteiger partial charge on any atom is 0.140 e. The standard InChI is InChI=1S/C11H10FN3O/c12-10-2-1-8(5-9(10)6-13)11(7-14)15-3-4-16/h1-2,5,11,15-16H,3-4H2. The third kappa shape index (κ3) is 2.77. The summed E-state index contributed by atoms with van der Waals surface area (Å²) < 4.78 is 13.0. The van der Waals surface area contributed by atoms with E-state index in [0.717, 1.165) is 6.07 Å². The van der Waals surface area contributed by atoms with Gasteiger partial charge >= 0.3 is 0 Å². The van der Waals surface area contributed by atoms with Crippen LogP contribution in [0.5, 0.6) is 0 Å². The number of nitrogens with one attached hydrogen (secondary N) is 1. The van der Waals surface area contributed by atoms with Gasteiger partial charge in [0.2, 0.25) is 0 Å². The van der Waals surface area contributed by atoms with Crippen LogP contribution in [0.15, 0.2) is 18.2 Å². The van der Waals surface area contributed by atoms with Gasteiger partial charge in [-0.05, 0) is 17.7 Å². The van der Waals surface area contributed by atoms with Crippen LogP contribution in [0.2, 0.25) is 0 Å². The van der Waals surface area contributed by atoms with Crippen molar-refractivity contribution >= 4 is 0 Å². The molecule has 0 bridgehead atoms. The molecule has 4 nitrogen and oxygen atoms in total. The van der Waals surface area contributed by atoms with Crippen LogP contribution in [0.1, 0.15) is 17.2 Å². The van der Waals surface area contributed by atoms with Gasteiger partial charge in [-0.3, -0.25) is 5.32 Å². The smallest absolute Gasteiger partial charge is 0.140 e. The fourth-order valence-electron chi connectivity index (χ4n) is 1.26. The normalized spacial score (nSPS) is 11.5. The molecule has 1 unspecified atom stereocenters. The third-order valence-electron chi connectivity index (χ3n) is 2.03. The number of hydrogen-bond acceptors (Lipinski definition) is 4. The maximum absolute atomic E-state index is 13.0. The molecular weight excluding hydrogens is 209 g/mol. The Morgan fingerprint density at radius 2 is 2.19 bits per heavy atom. The summed E-state index contributed by atoms with van der Waals surface area (Å²) in [6.07, 6.45) is 0. The summed E-state index contributed by atoms with van der Waals surface area (Å²) in [6, 6.07) is 6.94. The largest absolute Gasteiger partial charge is 0.395 e. The molecule has 5 heteroatoms. The van der Waals surface area contributed by atoms with Gasteiger partial charge in [0.1, 0.15) is 17.9 Å². The minimum atomic E-state index is -0.653. The molecular formula is C11H10FN3O. The van der Waals surface area contributed by atoms with Crippen LogP contribution < -0.4 is 5.32 Å². The van der Waals surface area contributed by atoms with Gasteiger partial charge in [0.25, 0.3) is 0 Å². The minimum Gasteiger partial charge on any atom is -0.395 e. The van der Waals surface area contributed by atoms with Gasteiger partial charge in [-0.1, -0.05) is 6.07 Å². The zero-order valence-corrected chi connectivity index (χ0v) is 8.44. The highest BCUT2D eigenvalue weighted by Gasteiger charge is 2.11. The minimum absolute atomic E-state index is 0.0928. The summed E-state index contributed by atoms with van der Waals surface area (Å²) in [5, 5.41) is 28.9. The third-order valence-corrected chi connectivity index (χ3v) is 2.03. The van der Waals surface area contributed by atoms with Crippen molar-refractivity contribution < 1.29 is 9.50 Å². The molecule has 0 aliphatic rings. The molecule has 1 aromatic rings. The summed E-state index contributed by atoms with van der Waals surface area (Å²) in [5.74, 6) is -0.606. The lowest BCUT2D eigenvalue weighted by Crippen LogP contribution is -2.23. The highest BCUT2D eigenvalue weighted by Crippen LogP contribution is 2.16. The van der Waals surface area contributed by atoms with Gasteiger partial charge in [-0.2, -0.15) is 10.5 Å². The van der Waals surface area contributed by atoms with E-state index in [0.29, 0.717) is 5.56 Å². The Bertz CT molecular complexity index is 448. The lowest BCUT2D eigenvalue weighted by Gasteiger charge is -2.10. The molecule has 0 radical (unpaired) electrons. The van der Waals surface area contributed by atoms with E-state index in [1.54, 1.807) is 6.07 Å². The Hall–Kier alpha value is -1.95. The molecule has 0 aliphatic carbocycles. The lowest BCUT2D eigenvalue weighted by atomic mass is 10.0. The van der Waals surface area contributed by atoms with Gasteiger partial charge in [0.05, 0.1) is 18.2 Å². The van der Waals surface area contributed by atoms with Gasteiger partial charge in [0, 0.05) is 6.54 Å². The number of nitrogens with zero attached hydrogens (tertiary/aromatic N) is 2. The molecule has 82 valence electrons. The van der Waals surface area contributed by atoms with Gasteiger partial charge < -0.3 is 5.11 Å². The van der Waals surface area contributed by atoms with Crippen molar-refractivity contribution in [2.45, 2.75) is 6.04 Å². The Morgan fingerprint density at radius 3 is 2.75 bits per heavy atom. The van der Waals surface area contributed by atoms with Crippen LogP contribution in [0, 0.1) is 28.5 Å². The molecule has 1 aromatic carbocycles. The molecule has 0 amide bonds. The van der Waals surface area contributed by atoms with E-state index < -0.39 is 11.9 Å². The number of halogens is 1. The second-order valence-electron chi connectivity index (χ2n) is 3.09. The summed E-state index contributed by atoms with van der Waals surface area (Å²) in [4.78, 5) is 0. The molecule has 0 aliphatic heterocycles. The van der Waals surface area contributed by atoms with E-state index in [1.807, 2.05) is 6.07 Å². The first-order chi connectivity index (χ1) is 7.72. The van der Waals surface area contributed by atoms with Gasteiger partial charge in [-0.15, -0.1) is 0 Å². The number of nitriles is 2. The van der Waals surface area contributed by atoms with Crippen molar-refractivity contribution in [2.75, 3.05) is 13.2 Å². The van der Waals surface area contributed by atoms with E-state index in [9.17, 15) is 4.39 Å². The van der Waals surface area contributed by atoms with Crippen LogP contribution in [0.25, 0.3) is 0 Å². The summed E-state index contributed by atoms with van der Waals surface area (Å²) in [6.45, 7) is 0.169. The van der Waals surface area contributed by atoms with Gasteiger partial charge in [0.15, 0.2) is 0 Å². The van der Waals surface area contributed by atoms with Crippen molar-refractivity contribution in [3.8, 4) is 12.1 Å². The maximum atomic E-state index is 13.0. The number of aliphatic hydroxyl groups excluding tert-OH is 1. The van der Waals surface area contributed by atoms with E-state index in [4.69, 9.17) is 15.6 Å². The molecule has 0 fully saturated rings. The number of hydrogen-bond donors (Lipinski definition) is 2. The molecule has 0 saturated carbocycles. The molecule has 0 aromatic heterocycles. The SMILES string of the molecule is N#Cc1cc(C(C#N)NCCO)ccc1F. The predicted octanol–water partition coefficient (Wildman–Crippen LogP) is 0.844. The fraction of sp³-hybridized carbons (Fsp3) is 0.273. The van der Waals surface area contributed by atoms with Crippen molar-refractivity contribution in [3.05, 3.63) is 35.1 Å². The second-order valence-corrected chi connectivity index (χ2v) is 3.09. The van der Waals surface area contributed by atoms with E-state index in [2.05, 4.69) is 5.32 Å². The first-order valence-corrected chi connectivity index (χ1v) is 4.66. The Morgan fingerprint density at radius 1 is 1.44 bits per heavy atom. The molecule has 1 rings (SSSR count). The van der Waals surface area contributed by atoms with Crippen molar-refractivity contribution in [1.82, 2.24) is 5.32 Å². The van der Waals surface area contributed by atoms with Crippen molar-refractivity contribution in [2.24, 2.45) is 0 Å². The van der Waals surface area contributed by atoms with E-state index >= 15 is 0 Å². The van der Waals surface area contributed by atoms with Crippen LogP contribution in [0.3, 0.4) is 0 Å². The van der Waals surface area contributed by atoms with E-state index in [-0.39, 0.29) is 18.7 Å². The van der Waals surface area contributed by atoms with Crippen LogP contribution >= 0.6 is 0 Å². The summed E-state index contributed by atoms with van der Waals surface area (Å²) in [7, 11) is 0. The Kier molecular flexibility index (Phi) is 4.41. The first-order valence-electron chi connectivity index (χ1n) is 4.66. The van der Waals surface area contributed by atoms with Crippen LogP contribution in [-0.2, 0) is 0 Å². The fourth-order valence-corrected chi connectivity index (χ4v) is 1.26. The second kappa shape index (κ2) is 5.82. The first kappa shape index (κ1) is 12.1. The lowest BCUT2D eigenvalue weighted by molar-refractivity contribution is 0.289. The molecule has 0 spiro atoms. The molecule has 0 heterocycles. The molecule has 16 heavy (non-hydrogen) atoms. The zero-order valence-electron chi connectivity index (χ0n) is 8.44. The van der Waals surface area contributed by atoms with Crippen molar-refractivity contribution in [1.29, 1.82) is 10.5 Å². The van der Waals surface area contributed by atoms with E-state index in [1.165, 1.54) is 12.1 Å². The van der Waals surface area contributed by atoms with Crippen LogP contribution in [-0.4, -0.2) is 18.3 Å². The van der Waals surface area contributed by atoms with Crippen molar-refractivity contribution in [3.63, 3.8) is 0 Å². The molecule has 1 atom stereocenters. The Balaban J connectivity index is 2.95. The summed E-state index contributed by atoms with van der Waals surface area (Å²) in [5.41, 5.74) is 0.414. The molecule has 0 saturated heterocycles. The van der Waals surface area contributed by atoms with Gasteiger partial charge in [-0.25, -0.2) is 4.39 Å². The average molecular weight is 219 g/mol. The number of rotatable bonds is 4. The summed E-state index contributed by atoms with van der Waals surface area (Å²) >= 11 is 0. The monoisotopic (exact) mass is 219 g/mol. The quantitative estimate of drug-likeness (QED) is 0.786. The van der Waals surface area contributed by atoms with Crippen LogP contribution in [0.4, 0.5) is 4.39 Å². The Labute approximate surface area is 92.6 Å². The zero-order chi connectivity index (χ0) is 12.0. The highest BCUT2D eigenvalue weighted by atomic mass is 19.1. The topological polar surface area (TPSA) is 79.8 Å².